The molecule has 0 saturated carbocycles. The van der Waals surface area contributed by atoms with E-state index in [4.69, 9.17) is 0 Å². The molecule has 9 heteroatoms. The third kappa shape index (κ3) is 4.79. The zero-order valence-corrected chi connectivity index (χ0v) is 19.6. The summed E-state index contributed by atoms with van der Waals surface area (Å²) in [4.78, 5) is 28.7. The number of nitrogens with zero attached hydrogens (tertiary/aromatic N) is 3. The molecule has 2 saturated heterocycles. The van der Waals surface area contributed by atoms with Crippen molar-refractivity contribution in [1.29, 1.82) is 0 Å². The summed E-state index contributed by atoms with van der Waals surface area (Å²) in [6.45, 7) is 5.33. The number of aryl methyl sites for hydroxylation is 2. The summed E-state index contributed by atoms with van der Waals surface area (Å²) in [6.07, 6.45) is 0.870. The number of sulfonamides is 1. The van der Waals surface area contributed by atoms with Gasteiger partial charge in [-0.3, -0.25) is 9.59 Å². The molecule has 0 radical (unpaired) electrons. The van der Waals surface area contributed by atoms with Gasteiger partial charge in [0.25, 0.3) is 0 Å². The highest BCUT2D eigenvalue weighted by atomic mass is 32.2. The van der Waals surface area contributed by atoms with E-state index in [1.165, 1.54) is 16.4 Å². The highest BCUT2D eigenvalue weighted by Crippen LogP contribution is 2.27. The van der Waals surface area contributed by atoms with Crippen LogP contribution in [0.15, 0.2) is 47.4 Å². The fraction of sp³-hybridized carbons (Fsp3) is 0.417. The van der Waals surface area contributed by atoms with Crippen LogP contribution in [0.3, 0.4) is 0 Å². The summed E-state index contributed by atoms with van der Waals surface area (Å²) in [6, 6.07) is 11.4. The Bertz CT molecular complexity index is 1160. The third-order valence-corrected chi connectivity index (χ3v) is 8.51. The number of hydrogen-bond acceptors (Lipinski definition) is 4. The van der Waals surface area contributed by atoms with Crippen LogP contribution in [0.1, 0.15) is 29.5 Å². The monoisotopic (exact) mass is 473 g/mol. The first-order valence-electron chi connectivity index (χ1n) is 11.1. The Kier molecular flexibility index (Phi) is 6.54. The summed E-state index contributed by atoms with van der Waals surface area (Å²) >= 11 is 0. The summed E-state index contributed by atoms with van der Waals surface area (Å²) in [5, 5.41) is 0. The highest BCUT2D eigenvalue weighted by molar-refractivity contribution is 7.89. The van der Waals surface area contributed by atoms with Crippen LogP contribution in [0.25, 0.3) is 0 Å². The van der Waals surface area contributed by atoms with Crippen LogP contribution in [-0.2, 0) is 26.2 Å². The molecule has 33 heavy (non-hydrogen) atoms. The third-order valence-electron chi connectivity index (χ3n) is 6.47. The van der Waals surface area contributed by atoms with Crippen molar-refractivity contribution in [3.05, 3.63) is 65.0 Å². The van der Waals surface area contributed by atoms with Gasteiger partial charge in [0.2, 0.25) is 10.0 Å². The normalized spacial score (nSPS) is 18.8. The molecule has 0 atom stereocenters. The van der Waals surface area contributed by atoms with Gasteiger partial charge in [-0.1, -0.05) is 35.9 Å². The van der Waals surface area contributed by atoms with Gasteiger partial charge >= 0.3 is 11.8 Å². The van der Waals surface area contributed by atoms with Crippen LogP contribution < -0.4 is 0 Å². The smallest absolute Gasteiger partial charge is 0.312 e. The van der Waals surface area contributed by atoms with E-state index in [1.807, 2.05) is 31.2 Å². The molecule has 7 nitrogen and oxygen atoms in total. The van der Waals surface area contributed by atoms with Gasteiger partial charge in [0.1, 0.15) is 5.82 Å². The molecule has 2 aromatic carbocycles. The van der Waals surface area contributed by atoms with Crippen LogP contribution in [0.5, 0.6) is 0 Å². The van der Waals surface area contributed by atoms with E-state index in [-0.39, 0.29) is 24.0 Å². The Morgan fingerprint density at radius 2 is 1.58 bits per heavy atom. The van der Waals surface area contributed by atoms with Gasteiger partial charge in [-0.25, -0.2) is 12.8 Å². The minimum Gasteiger partial charge on any atom is -0.330 e. The zero-order valence-electron chi connectivity index (χ0n) is 18.8. The number of rotatable bonds is 5. The number of carbonyl (C=O) groups excluding carboxylic acids is 2. The lowest BCUT2D eigenvalue weighted by atomic mass is 10.0. The van der Waals surface area contributed by atoms with E-state index in [2.05, 4.69) is 0 Å². The molecule has 0 spiro atoms. The van der Waals surface area contributed by atoms with Crippen LogP contribution >= 0.6 is 0 Å². The molecular formula is C24H28FN3O4S. The fourth-order valence-electron chi connectivity index (χ4n) is 4.49. The van der Waals surface area contributed by atoms with Crippen LogP contribution in [-0.4, -0.2) is 66.6 Å². The molecule has 0 aliphatic carbocycles. The molecule has 0 bridgehead atoms. The summed E-state index contributed by atoms with van der Waals surface area (Å²) in [7, 11) is -3.83. The second-order valence-electron chi connectivity index (χ2n) is 8.76. The molecule has 0 aromatic heterocycles. The molecule has 176 valence electrons. The van der Waals surface area contributed by atoms with E-state index in [9.17, 15) is 22.4 Å². The van der Waals surface area contributed by atoms with Crippen molar-refractivity contribution < 1.29 is 22.4 Å². The number of piperidine rings is 1. The molecule has 0 N–H and O–H groups in total. The maximum Gasteiger partial charge on any atom is 0.312 e. The van der Waals surface area contributed by atoms with Gasteiger partial charge in [0.15, 0.2) is 0 Å². The van der Waals surface area contributed by atoms with Crippen LogP contribution in [0, 0.1) is 19.7 Å². The molecule has 2 aromatic rings. The quantitative estimate of drug-likeness (QED) is 0.625. The van der Waals surface area contributed by atoms with Crippen molar-refractivity contribution >= 4 is 21.8 Å². The van der Waals surface area contributed by atoms with Crippen LogP contribution in [0.4, 0.5) is 4.39 Å². The van der Waals surface area contributed by atoms with Gasteiger partial charge in [-0.2, -0.15) is 4.31 Å². The average molecular weight is 474 g/mol. The fourth-order valence-corrected chi connectivity index (χ4v) is 6.19. The minimum atomic E-state index is -3.83. The van der Waals surface area contributed by atoms with Crippen molar-refractivity contribution in [2.75, 3.05) is 26.2 Å². The Morgan fingerprint density at radius 3 is 2.24 bits per heavy atom. The second kappa shape index (κ2) is 9.23. The van der Waals surface area contributed by atoms with E-state index >= 15 is 0 Å². The maximum atomic E-state index is 13.7. The largest absolute Gasteiger partial charge is 0.330 e. The average Bonchev–Trinajstić information content (AvgIpc) is 2.80. The number of piperazine rings is 1. The highest BCUT2D eigenvalue weighted by Gasteiger charge is 2.39. The molecule has 2 heterocycles. The van der Waals surface area contributed by atoms with Crippen LogP contribution in [0.2, 0.25) is 0 Å². The molecule has 2 aliphatic rings. The topological polar surface area (TPSA) is 78.0 Å². The molecule has 2 fully saturated rings. The zero-order chi connectivity index (χ0) is 23.8. The van der Waals surface area contributed by atoms with Gasteiger partial charge < -0.3 is 9.80 Å². The second-order valence-corrected chi connectivity index (χ2v) is 10.7. The predicted octanol–water partition coefficient (Wildman–Crippen LogP) is 2.47. The first kappa shape index (κ1) is 23.4. The standard InChI is InChI=1S/C24H28FN3O4S/c1-17-3-6-19(7-4-17)16-26-13-14-28(24(30)23(26)29)21-9-11-27(12-10-21)33(31,32)22-15-20(25)8-5-18(22)2/h3-8,15,21H,9-14,16H2,1-2H3. The molecule has 4 rings (SSSR count). The Labute approximate surface area is 193 Å². The lowest BCUT2D eigenvalue weighted by Crippen LogP contribution is -2.58. The first-order chi connectivity index (χ1) is 15.7. The van der Waals surface area contributed by atoms with Gasteiger partial charge in [-0.05, 0) is 49.9 Å². The minimum absolute atomic E-state index is 0.0306. The van der Waals surface area contributed by atoms with E-state index < -0.39 is 27.7 Å². The molecule has 0 unspecified atom stereocenters. The number of benzene rings is 2. The Hall–Kier alpha value is -2.78. The number of amides is 2. The van der Waals surface area contributed by atoms with Crippen molar-refractivity contribution in [2.45, 2.75) is 44.2 Å². The van der Waals surface area contributed by atoms with Crippen molar-refractivity contribution in [3.8, 4) is 0 Å². The van der Waals surface area contributed by atoms with Gasteiger partial charge in [0.05, 0.1) is 4.90 Å². The van der Waals surface area contributed by atoms with Crippen molar-refractivity contribution in [1.82, 2.24) is 14.1 Å². The van der Waals surface area contributed by atoms with Crippen molar-refractivity contribution in [3.63, 3.8) is 0 Å². The number of hydrogen-bond donors (Lipinski definition) is 0. The van der Waals surface area contributed by atoms with Gasteiger partial charge in [0, 0.05) is 38.8 Å². The SMILES string of the molecule is Cc1ccc(CN2CCN(C3CCN(S(=O)(=O)c4cc(F)ccc4C)CC3)C(=O)C2=O)cc1. The predicted molar refractivity (Wildman–Crippen MR) is 121 cm³/mol. The van der Waals surface area contributed by atoms with E-state index in [0.29, 0.717) is 38.0 Å². The van der Waals surface area contributed by atoms with E-state index in [0.717, 1.165) is 17.2 Å². The summed E-state index contributed by atoms with van der Waals surface area (Å²) < 4.78 is 41.0. The number of carbonyl (C=O) groups is 2. The van der Waals surface area contributed by atoms with E-state index in [1.54, 1.807) is 16.7 Å². The molecular weight excluding hydrogens is 445 g/mol. The summed E-state index contributed by atoms with van der Waals surface area (Å²) in [5.74, 6) is -1.65. The maximum absolute atomic E-state index is 13.7. The Morgan fingerprint density at radius 1 is 0.909 bits per heavy atom. The molecule has 2 amide bonds. The molecule has 2 aliphatic heterocycles. The van der Waals surface area contributed by atoms with Crippen molar-refractivity contribution in [2.24, 2.45) is 0 Å². The lowest BCUT2D eigenvalue weighted by molar-refractivity contribution is -0.158. The van der Waals surface area contributed by atoms with Gasteiger partial charge in [-0.15, -0.1) is 0 Å². The Balaban J connectivity index is 1.38. The lowest BCUT2D eigenvalue weighted by Gasteiger charge is -2.41. The first-order valence-corrected chi connectivity index (χ1v) is 12.5. The number of halogens is 1. The summed E-state index contributed by atoms with van der Waals surface area (Å²) in [5.41, 5.74) is 2.59.